The van der Waals surface area contributed by atoms with E-state index in [1.807, 2.05) is 69.4 Å². The first-order chi connectivity index (χ1) is 21.5. The number of rotatable bonds is 5. The molecule has 3 aromatic carbocycles. The largest absolute Gasteiger partial charge is 2.00 e. The number of pyridine rings is 2. The zero-order valence-electron chi connectivity index (χ0n) is 26.5. The molecular weight excluding hydrogens is 754 g/mol. The first-order valence-electron chi connectivity index (χ1n) is 15.0. The minimum atomic E-state index is -0.234. The van der Waals surface area contributed by atoms with Crippen molar-refractivity contribution >= 4 is 21.8 Å². The number of hydrogen-bond donors (Lipinski definition) is 0. The van der Waals surface area contributed by atoms with Gasteiger partial charge in [0.15, 0.2) is 0 Å². The molecule has 232 valence electrons. The van der Waals surface area contributed by atoms with Crippen LogP contribution in [0.25, 0.3) is 50.3 Å². The van der Waals surface area contributed by atoms with Crippen molar-refractivity contribution < 1.29 is 30.2 Å². The molecule has 0 bridgehead atoms. The van der Waals surface area contributed by atoms with E-state index >= 15 is 0 Å². The number of hydrogen-bond acceptors (Lipinski definition) is 6. The molecule has 0 fully saturated rings. The van der Waals surface area contributed by atoms with Crippen LogP contribution in [0.1, 0.15) is 53.0 Å². The number of ether oxygens (including phenoxy) is 1. The van der Waals surface area contributed by atoms with Crippen molar-refractivity contribution in [2.75, 3.05) is 0 Å². The third kappa shape index (κ3) is 6.00. The van der Waals surface area contributed by atoms with Crippen molar-refractivity contribution in [2.45, 2.75) is 52.4 Å². The first kappa shape index (κ1) is 31.4. The fourth-order valence-corrected chi connectivity index (χ4v) is 5.31. The molecule has 0 aliphatic carbocycles. The molecule has 0 aliphatic heterocycles. The van der Waals surface area contributed by atoms with Crippen LogP contribution in [0.4, 0.5) is 0 Å². The predicted octanol–water partition coefficient (Wildman–Crippen LogP) is 9.28. The summed E-state index contributed by atoms with van der Waals surface area (Å²) in [5.41, 5.74) is 5.22. The predicted molar refractivity (Wildman–Crippen MR) is 177 cm³/mol. The Morgan fingerprint density at radius 2 is 1.50 bits per heavy atom. The molecule has 4 aromatic heterocycles. The molecule has 0 N–H and O–H groups in total. The summed E-state index contributed by atoms with van der Waals surface area (Å²) in [5.74, 6) is 3.02. The summed E-state index contributed by atoms with van der Waals surface area (Å²) in [6.07, 6.45) is 3.61. The van der Waals surface area contributed by atoms with Crippen LogP contribution in [0.15, 0.2) is 95.7 Å². The maximum atomic E-state index is 6.36. The van der Waals surface area contributed by atoms with E-state index in [-0.39, 0.29) is 31.9 Å². The molecule has 0 aliphatic rings. The van der Waals surface area contributed by atoms with Crippen LogP contribution >= 0.6 is 0 Å². The Morgan fingerprint density at radius 1 is 0.717 bits per heavy atom. The Morgan fingerprint density at radius 3 is 2.28 bits per heavy atom. The van der Waals surface area contributed by atoms with E-state index < -0.39 is 0 Å². The normalized spacial score (nSPS) is 12.0. The molecule has 0 radical (unpaired) electrons. The van der Waals surface area contributed by atoms with Gasteiger partial charge in [0.25, 0.3) is 0 Å². The average Bonchev–Trinajstić information content (AvgIpc) is 3.65. The van der Waals surface area contributed by atoms with Crippen molar-refractivity contribution in [2.24, 2.45) is 0 Å². The number of benzene rings is 3. The third-order valence-corrected chi connectivity index (χ3v) is 7.74. The van der Waals surface area contributed by atoms with Gasteiger partial charge in [-0.3, -0.25) is 0 Å². The van der Waals surface area contributed by atoms with Crippen LogP contribution < -0.4 is 4.74 Å². The summed E-state index contributed by atoms with van der Waals surface area (Å²) in [6, 6.07) is 33.1. The van der Waals surface area contributed by atoms with E-state index in [0.29, 0.717) is 23.3 Å². The van der Waals surface area contributed by atoms with Crippen molar-refractivity contribution in [3.05, 3.63) is 115 Å². The second-order valence-corrected chi connectivity index (χ2v) is 13.2. The molecule has 0 amide bonds. The monoisotopic (exact) mass is 786 g/mol. The van der Waals surface area contributed by atoms with E-state index in [9.17, 15) is 0 Å². The first-order valence-corrected chi connectivity index (χ1v) is 15.0. The SMILES string of the molecule is CC(C)(C)c1ccnc(-n2c3[c-]c(Oc4[c-]c(-c5cc(-c6nnc(C(C)(C)C)o6)ccn5)ccc4)ccc3c3ccccc32)c1.[Pt+2]. The molecule has 8 heteroatoms. The number of nitrogens with zero attached hydrogens (tertiary/aromatic N) is 5. The van der Waals surface area contributed by atoms with Gasteiger partial charge in [-0.15, -0.1) is 51.5 Å². The Kier molecular flexibility index (Phi) is 8.16. The minimum Gasteiger partial charge on any atom is -0.503 e. The number of aromatic nitrogens is 5. The summed E-state index contributed by atoms with van der Waals surface area (Å²) in [6.45, 7) is 12.7. The van der Waals surface area contributed by atoms with E-state index in [1.165, 1.54) is 5.56 Å². The van der Waals surface area contributed by atoms with Gasteiger partial charge in [-0.1, -0.05) is 77.4 Å². The Labute approximate surface area is 283 Å². The van der Waals surface area contributed by atoms with Crippen LogP contribution in [-0.4, -0.2) is 24.7 Å². The minimum absolute atomic E-state index is 0. The van der Waals surface area contributed by atoms with Gasteiger partial charge in [-0.25, -0.2) is 4.98 Å². The second-order valence-electron chi connectivity index (χ2n) is 13.2. The second kappa shape index (κ2) is 12.0. The number of fused-ring (bicyclic) bond motifs is 3. The third-order valence-electron chi connectivity index (χ3n) is 7.74. The summed E-state index contributed by atoms with van der Waals surface area (Å²) < 4.78 is 14.5. The van der Waals surface area contributed by atoms with Crippen molar-refractivity contribution in [3.63, 3.8) is 0 Å². The fourth-order valence-electron chi connectivity index (χ4n) is 5.31. The molecule has 7 aromatic rings. The summed E-state index contributed by atoms with van der Waals surface area (Å²) >= 11 is 0. The molecule has 7 nitrogen and oxygen atoms in total. The van der Waals surface area contributed by atoms with Crippen LogP contribution in [0.5, 0.6) is 11.5 Å². The molecule has 0 saturated carbocycles. The van der Waals surface area contributed by atoms with Gasteiger partial charge < -0.3 is 18.7 Å². The topological polar surface area (TPSA) is 78.9 Å². The van der Waals surface area contributed by atoms with Crippen LogP contribution in [0.3, 0.4) is 0 Å². The molecule has 0 saturated heterocycles. The Bertz CT molecular complexity index is 2190. The van der Waals surface area contributed by atoms with Gasteiger partial charge in [-0.2, -0.15) is 6.07 Å². The summed E-state index contributed by atoms with van der Waals surface area (Å²) in [7, 11) is 0. The zero-order chi connectivity index (χ0) is 31.3. The zero-order valence-corrected chi connectivity index (χ0v) is 28.8. The summed E-state index contributed by atoms with van der Waals surface area (Å²) in [5, 5.41) is 10.7. The van der Waals surface area contributed by atoms with Crippen LogP contribution in [-0.2, 0) is 31.9 Å². The van der Waals surface area contributed by atoms with Crippen LogP contribution in [0.2, 0.25) is 0 Å². The molecule has 7 rings (SSSR count). The molecular formula is C38H33N5O2Pt. The molecule has 0 spiro atoms. The van der Waals surface area contributed by atoms with Crippen molar-refractivity contribution in [1.29, 1.82) is 0 Å². The smallest absolute Gasteiger partial charge is 0.503 e. The van der Waals surface area contributed by atoms with Gasteiger partial charge >= 0.3 is 21.1 Å². The van der Waals surface area contributed by atoms with Gasteiger partial charge in [-0.05, 0) is 46.3 Å². The molecule has 0 unspecified atom stereocenters. The van der Waals surface area contributed by atoms with Gasteiger partial charge in [0.1, 0.15) is 5.82 Å². The van der Waals surface area contributed by atoms with Gasteiger partial charge in [0.05, 0.1) is 0 Å². The summed E-state index contributed by atoms with van der Waals surface area (Å²) in [4.78, 5) is 9.35. The molecule has 46 heavy (non-hydrogen) atoms. The van der Waals surface area contributed by atoms with E-state index in [0.717, 1.165) is 44.4 Å². The standard InChI is InChI=1S/C38H33N5O2.Pt/c1-37(2,3)26-17-19-40-34(22-26)43-32-13-8-7-12-29(32)30-15-14-28(23-33(30)43)44-27-11-9-10-24(20-27)31-21-25(16-18-39-31)35-41-42-36(45-35)38(4,5)6;/h7-19,21-22H,1-6H3;/q-2;+2. The average molecular weight is 787 g/mol. The Hall–Kier alpha value is -4.61. The quantitative estimate of drug-likeness (QED) is 0.162. The van der Waals surface area contributed by atoms with Crippen LogP contribution in [0, 0.1) is 12.1 Å². The van der Waals surface area contributed by atoms with E-state index in [1.54, 1.807) is 6.20 Å². The molecule has 0 atom stereocenters. The van der Waals surface area contributed by atoms with Gasteiger partial charge in [0.2, 0.25) is 11.8 Å². The maximum Gasteiger partial charge on any atom is 2.00 e. The number of para-hydroxylation sites is 1. The van der Waals surface area contributed by atoms with Gasteiger partial charge in [0, 0.05) is 40.4 Å². The fraction of sp³-hybridized carbons (Fsp3) is 0.211. The van der Waals surface area contributed by atoms with Crippen molar-refractivity contribution in [1.82, 2.24) is 24.7 Å². The molecule has 4 heterocycles. The van der Waals surface area contributed by atoms with E-state index in [2.05, 4.69) is 89.1 Å². The van der Waals surface area contributed by atoms with Crippen molar-refractivity contribution in [3.8, 4) is 40.0 Å². The van der Waals surface area contributed by atoms with E-state index in [4.69, 9.17) is 14.1 Å². The Balaban J connectivity index is 0.00000372. The maximum absolute atomic E-state index is 6.36.